The Morgan fingerprint density at radius 3 is 2.17 bits per heavy atom. The Kier molecular flexibility index (Phi) is 5.83. The minimum Gasteiger partial charge on any atom is -0.462 e. The van der Waals surface area contributed by atoms with Crippen molar-refractivity contribution in [2.45, 2.75) is 64.7 Å². The molecule has 2 aromatic carbocycles. The summed E-state index contributed by atoms with van der Waals surface area (Å²) in [5.41, 5.74) is 5.24. The molecule has 0 saturated carbocycles. The predicted octanol–water partition coefficient (Wildman–Crippen LogP) is 5.39. The fourth-order valence-electron chi connectivity index (χ4n) is 4.02. The smallest absolute Gasteiger partial charge is 0.338 e. The zero-order valence-corrected chi connectivity index (χ0v) is 18.1. The minimum atomic E-state index is -0.276. The number of nitrogens with one attached hydrogen (secondary N) is 1. The topological polar surface area (TPSA) is 55.4 Å². The number of fused-ring (bicyclic) bond motifs is 1. The molecule has 0 spiro atoms. The van der Waals surface area contributed by atoms with Crippen molar-refractivity contribution in [3.63, 3.8) is 0 Å². The molecule has 0 unspecified atom stereocenters. The summed E-state index contributed by atoms with van der Waals surface area (Å²) in [5, 5.41) is 2.74. The number of benzene rings is 2. The van der Waals surface area contributed by atoms with Crippen LogP contribution in [0.3, 0.4) is 0 Å². The zero-order chi connectivity index (χ0) is 21.2. The predicted molar refractivity (Wildman–Crippen MR) is 116 cm³/mol. The SMILES string of the molecule is CC(=O)Nc1ccc(CCOC(=O)c2ccc3c(c2)C(C)(C)CCC3(C)C)cc1. The van der Waals surface area contributed by atoms with E-state index in [1.165, 1.54) is 18.1 Å². The van der Waals surface area contributed by atoms with Gasteiger partial charge in [0.05, 0.1) is 12.2 Å². The van der Waals surface area contributed by atoms with Gasteiger partial charge in [-0.05, 0) is 64.6 Å². The molecule has 0 heterocycles. The molecule has 0 fully saturated rings. The van der Waals surface area contributed by atoms with Crippen molar-refractivity contribution in [1.29, 1.82) is 0 Å². The van der Waals surface area contributed by atoms with E-state index in [9.17, 15) is 9.59 Å². The summed E-state index contributed by atoms with van der Waals surface area (Å²) in [6.45, 7) is 10.9. The minimum absolute atomic E-state index is 0.0663. The van der Waals surface area contributed by atoms with E-state index in [0.717, 1.165) is 24.1 Å². The number of esters is 1. The van der Waals surface area contributed by atoms with Crippen molar-refractivity contribution in [2.24, 2.45) is 0 Å². The van der Waals surface area contributed by atoms with Crippen molar-refractivity contribution in [1.82, 2.24) is 0 Å². The number of amides is 1. The van der Waals surface area contributed by atoms with Crippen LogP contribution in [0.5, 0.6) is 0 Å². The average Bonchev–Trinajstić information content (AvgIpc) is 2.66. The lowest BCUT2D eigenvalue weighted by Gasteiger charge is -2.41. The van der Waals surface area contributed by atoms with E-state index in [1.54, 1.807) is 0 Å². The standard InChI is InChI=1S/C25H31NO3/c1-17(27)26-20-9-6-18(7-10-20)12-15-29-23(28)19-8-11-21-22(16-19)25(4,5)14-13-24(21,2)3/h6-11,16H,12-15H2,1-5H3,(H,26,27). The van der Waals surface area contributed by atoms with E-state index in [-0.39, 0.29) is 22.7 Å². The number of hydrogen-bond acceptors (Lipinski definition) is 3. The van der Waals surface area contributed by atoms with Gasteiger partial charge in [-0.1, -0.05) is 45.9 Å². The van der Waals surface area contributed by atoms with E-state index in [4.69, 9.17) is 4.74 Å². The van der Waals surface area contributed by atoms with Crippen LogP contribution in [0.15, 0.2) is 42.5 Å². The van der Waals surface area contributed by atoms with E-state index in [2.05, 4.69) is 39.1 Å². The second-order valence-electron chi connectivity index (χ2n) is 9.29. The van der Waals surface area contributed by atoms with E-state index in [0.29, 0.717) is 18.6 Å². The Bertz CT molecular complexity index is 910. The molecule has 4 heteroatoms. The highest BCUT2D eigenvalue weighted by molar-refractivity contribution is 5.90. The number of ether oxygens (including phenoxy) is 1. The molecule has 0 bridgehead atoms. The van der Waals surface area contributed by atoms with Gasteiger partial charge in [-0.3, -0.25) is 4.79 Å². The largest absolute Gasteiger partial charge is 0.462 e. The molecule has 1 aliphatic carbocycles. The molecule has 1 amide bonds. The highest BCUT2D eigenvalue weighted by atomic mass is 16.5. The van der Waals surface area contributed by atoms with E-state index in [1.807, 2.05) is 36.4 Å². The van der Waals surface area contributed by atoms with Crippen LogP contribution in [0.1, 0.15) is 74.5 Å². The third kappa shape index (κ3) is 4.87. The molecule has 0 saturated heterocycles. The first-order valence-electron chi connectivity index (χ1n) is 10.3. The van der Waals surface area contributed by atoms with Gasteiger partial charge in [0.25, 0.3) is 0 Å². The molecule has 2 aromatic rings. The number of rotatable bonds is 5. The van der Waals surface area contributed by atoms with Gasteiger partial charge in [0.15, 0.2) is 0 Å². The van der Waals surface area contributed by atoms with Crippen LogP contribution in [-0.4, -0.2) is 18.5 Å². The fourth-order valence-corrected chi connectivity index (χ4v) is 4.02. The maximum atomic E-state index is 12.6. The lowest BCUT2D eigenvalue weighted by molar-refractivity contribution is -0.114. The fraction of sp³-hybridized carbons (Fsp3) is 0.440. The van der Waals surface area contributed by atoms with Gasteiger partial charge in [0.2, 0.25) is 5.91 Å². The van der Waals surface area contributed by atoms with E-state index < -0.39 is 0 Å². The van der Waals surface area contributed by atoms with Gasteiger partial charge in [0, 0.05) is 19.0 Å². The molecule has 29 heavy (non-hydrogen) atoms. The van der Waals surface area contributed by atoms with Crippen molar-refractivity contribution in [3.8, 4) is 0 Å². The molecule has 0 radical (unpaired) electrons. The van der Waals surface area contributed by atoms with Crippen LogP contribution >= 0.6 is 0 Å². The van der Waals surface area contributed by atoms with Gasteiger partial charge in [0.1, 0.15) is 0 Å². The van der Waals surface area contributed by atoms with Gasteiger partial charge in [-0.25, -0.2) is 4.79 Å². The molecule has 0 atom stereocenters. The van der Waals surface area contributed by atoms with Crippen molar-refractivity contribution in [2.75, 3.05) is 11.9 Å². The Morgan fingerprint density at radius 1 is 0.931 bits per heavy atom. The first-order chi connectivity index (χ1) is 13.6. The summed E-state index contributed by atoms with van der Waals surface area (Å²) in [7, 11) is 0. The number of anilines is 1. The molecule has 3 rings (SSSR count). The summed E-state index contributed by atoms with van der Waals surface area (Å²) in [6, 6.07) is 13.6. The second-order valence-corrected chi connectivity index (χ2v) is 9.29. The van der Waals surface area contributed by atoms with Crippen LogP contribution in [-0.2, 0) is 26.8 Å². The lowest BCUT2D eigenvalue weighted by Crippen LogP contribution is -2.34. The Hall–Kier alpha value is -2.62. The average molecular weight is 394 g/mol. The normalized spacial score (nSPS) is 16.6. The summed E-state index contributed by atoms with van der Waals surface area (Å²) in [6.07, 6.45) is 2.90. The molecular formula is C25H31NO3. The van der Waals surface area contributed by atoms with Gasteiger partial charge in [-0.15, -0.1) is 0 Å². The summed E-state index contributed by atoms with van der Waals surface area (Å²) < 4.78 is 5.53. The quantitative estimate of drug-likeness (QED) is 0.693. The number of carbonyl (C=O) groups is 2. The van der Waals surface area contributed by atoms with Crippen molar-refractivity contribution >= 4 is 17.6 Å². The zero-order valence-electron chi connectivity index (χ0n) is 18.1. The van der Waals surface area contributed by atoms with E-state index >= 15 is 0 Å². The Morgan fingerprint density at radius 2 is 1.55 bits per heavy atom. The molecule has 1 N–H and O–H groups in total. The molecular weight excluding hydrogens is 362 g/mol. The number of carbonyl (C=O) groups excluding carboxylic acids is 2. The molecule has 0 aliphatic heterocycles. The first-order valence-corrected chi connectivity index (χ1v) is 10.3. The van der Waals surface area contributed by atoms with Crippen LogP contribution in [0, 0.1) is 0 Å². The lowest BCUT2D eigenvalue weighted by atomic mass is 9.63. The first kappa shape index (κ1) is 21.1. The van der Waals surface area contributed by atoms with Crippen LogP contribution in [0.25, 0.3) is 0 Å². The molecule has 0 aromatic heterocycles. The highest BCUT2D eigenvalue weighted by Gasteiger charge is 2.37. The summed E-state index contributed by atoms with van der Waals surface area (Å²) in [5.74, 6) is -0.370. The molecule has 1 aliphatic rings. The Balaban J connectivity index is 1.64. The summed E-state index contributed by atoms with van der Waals surface area (Å²) in [4.78, 5) is 23.7. The van der Waals surface area contributed by atoms with Crippen LogP contribution in [0.2, 0.25) is 0 Å². The van der Waals surface area contributed by atoms with Crippen molar-refractivity contribution < 1.29 is 14.3 Å². The molecule has 4 nitrogen and oxygen atoms in total. The monoisotopic (exact) mass is 393 g/mol. The maximum Gasteiger partial charge on any atom is 0.338 e. The van der Waals surface area contributed by atoms with Gasteiger partial charge in [-0.2, -0.15) is 0 Å². The van der Waals surface area contributed by atoms with Crippen LogP contribution < -0.4 is 5.32 Å². The number of hydrogen-bond donors (Lipinski definition) is 1. The third-order valence-electron chi connectivity index (χ3n) is 5.99. The third-order valence-corrected chi connectivity index (χ3v) is 5.99. The summed E-state index contributed by atoms with van der Waals surface area (Å²) >= 11 is 0. The van der Waals surface area contributed by atoms with Gasteiger partial charge >= 0.3 is 5.97 Å². The Labute approximate surface area is 173 Å². The molecule has 154 valence electrons. The maximum absolute atomic E-state index is 12.6. The van der Waals surface area contributed by atoms with Gasteiger partial charge < -0.3 is 10.1 Å². The second kappa shape index (κ2) is 8.02. The van der Waals surface area contributed by atoms with Crippen molar-refractivity contribution in [3.05, 3.63) is 64.7 Å². The van der Waals surface area contributed by atoms with Crippen LogP contribution in [0.4, 0.5) is 5.69 Å². The highest BCUT2D eigenvalue weighted by Crippen LogP contribution is 2.45.